The van der Waals surface area contributed by atoms with Crippen LogP contribution in [0.15, 0.2) is 30.3 Å². The molecule has 20 heavy (non-hydrogen) atoms. The van der Waals surface area contributed by atoms with Gasteiger partial charge in [-0.25, -0.2) is 0 Å². The summed E-state index contributed by atoms with van der Waals surface area (Å²) in [6, 6.07) is 11.3. The van der Waals surface area contributed by atoms with Crippen LogP contribution < -0.4 is 10.6 Å². The van der Waals surface area contributed by atoms with Gasteiger partial charge in [0.1, 0.15) is 0 Å². The second-order valence-electron chi connectivity index (χ2n) is 5.85. The number of carbonyl (C=O) groups excluding carboxylic acids is 1. The highest BCUT2D eigenvalue weighted by atomic mass is 16.1. The van der Waals surface area contributed by atoms with Crippen molar-refractivity contribution in [1.82, 2.24) is 15.5 Å². The molecule has 1 atom stereocenters. The lowest BCUT2D eigenvalue weighted by molar-refractivity contribution is -0.120. The van der Waals surface area contributed by atoms with Gasteiger partial charge in [-0.15, -0.1) is 0 Å². The van der Waals surface area contributed by atoms with Crippen LogP contribution in [0, 0.1) is 0 Å². The van der Waals surface area contributed by atoms with Crippen LogP contribution >= 0.6 is 0 Å². The molecule has 1 aliphatic carbocycles. The van der Waals surface area contributed by atoms with Crippen LogP contribution in [0.3, 0.4) is 0 Å². The number of carbonyl (C=O) groups is 1. The topological polar surface area (TPSA) is 44.4 Å². The summed E-state index contributed by atoms with van der Waals surface area (Å²) >= 11 is 0. The Bertz CT molecular complexity index is 444. The van der Waals surface area contributed by atoms with Gasteiger partial charge in [-0.2, -0.15) is 0 Å². The number of nitrogens with one attached hydrogen (secondary N) is 2. The summed E-state index contributed by atoms with van der Waals surface area (Å²) < 4.78 is 0. The molecule has 2 N–H and O–H groups in total. The van der Waals surface area contributed by atoms with Gasteiger partial charge < -0.3 is 10.6 Å². The van der Waals surface area contributed by atoms with Crippen LogP contribution in [0.2, 0.25) is 0 Å². The third-order valence-corrected chi connectivity index (χ3v) is 4.17. The molecule has 0 radical (unpaired) electrons. The van der Waals surface area contributed by atoms with Gasteiger partial charge >= 0.3 is 0 Å². The van der Waals surface area contributed by atoms with Crippen molar-refractivity contribution >= 4 is 5.91 Å². The monoisotopic (exact) mass is 273 g/mol. The summed E-state index contributed by atoms with van der Waals surface area (Å²) in [5.74, 6) is 0.0822. The average molecular weight is 273 g/mol. The Morgan fingerprint density at radius 3 is 2.75 bits per heavy atom. The van der Waals surface area contributed by atoms with E-state index in [9.17, 15) is 4.79 Å². The number of amides is 1. The molecule has 0 spiro atoms. The maximum absolute atomic E-state index is 11.8. The molecule has 1 aliphatic heterocycles. The van der Waals surface area contributed by atoms with Gasteiger partial charge in [0.05, 0.1) is 6.54 Å². The lowest BCUT2D eigenvalue weighted by atomic mass is 10.2. The molecule has 1 aromatic carbocycles. The van der Waals surface area contributed by atoms with Crippen molar-refractivity contribution in [1.29, 1.82) is 0 Å². The molecular formula is C16H23N3O. The Labute approximate surface area is 120 Å². The van der Waals surface area contributed by atoms with Gasteiger partial charge in [0.2, 0.25) is 5.91 Å². The number of hydrogen-bond acceptors (Lipinski definition) is 3. The van der Waals surface area contributed by atoms with Gasteiger partial charge in [0.15, 0.2) is 0 Å². The Balaban J connectivity index is 1.33. The third kappa shape index (κ3) is 3.81. The van der Waals surface area contributed by atoms with Gasteiger partial charge in [-0.3, -0.25) is 9.69 Å². The minimum absolute atomic E-state index is 0.0822. The average Bonchev–Trinajstić information content (AvgIpc) is 3.23. The highest BCUT2D eigenvalue weighted by Gasteiger charge is 2.34. The van der Waals surface area contributed by atoms with E-state index in [-0.39, 0.29) is 5.91 Å². The lowest BCUT2D eigenvalue weighted by Gasteiger charge is -2.15. The molecule has 1 aromatic rings. The third-order valence-electron chi connectivity index (χ3n) is 4.17. The first-order valence-corrected chi connectivity index (χ1v) is 7.59. The van der Waals surface area contributed by atoms with Gasteiger partial charge in [-0.1, -0.05) is 30.3 Å². The Morgan fingerprint density at radius 2 is 2.00 bits per heavy atom. The van der Waals surface area contributed by atoms with E-state index in [1.165, 1.54) is 25.8 Å². The molecule has 2 fully saturated rings. The van der Waals surface area contributed by atoms with Crippen LogP contribution in [0.1, 0.15) is 24.8 Å². The van der Waals surface area contributed by atoms with Crippen molar-refractivity contribution in [2.45, 2.75) is 37.9 Å². The molecule has 1 unspecified atom stereocenters. The van der Waals surface area contributed by atoms with Crippen LogP contribution in [-0.2, 0) is 11.3 Å². The van der Waals surface area contributed by atoms with E-state index in [1.807, 2.05) is 30.3 Å². The number of rotatable bonds is 6. The summed E-state index contributed by atoms with van der Waals surface area (Å²) in [5.41, 5.74) is 1.14. The Kier molecular flexibility index (Phi) is 4.33. The predicted octanol–water partition coefficient (Wildman–Crippen LogP) is 1.13. The van der Waals surface area contributed by atoms with E-state index in [2.05, 4.69) is 15.5 Å². The second-order valence-corrected chi connectivity index (χ2v) is 5.85. The largest absolute Gasteiger partial charge is 0.351 e. The zero-order chi connectivity index (χ0) is 13.8. The summed E-state index contributed by atoms with van der Waals surface area (Å²) in [6.07, 6.45) is 3.90. The number of benzene rings is 1. The van der Waals surface area contributed by atoms with Crippen molar-refractivity contribution in [2.24, 2.45) is 0 Å². The standard InChI is InChI=1S/C16H23N3O/c20-16(18-10-13-4-2-1-3-5-13)11-17-14-8-9-19(12-14)15-6-7-15/h1-5,14-15,17H,6-12H2,(H,18,20). The van der Waals surface area contributed by atoms with Crippen LogP contribution in [-0.4, -0.2) is 42.5 Å². The Morgan fingerprint density at radius 1 is 1.20 bits per heavy atom. The van der Waals surface area contributed by atoms with Crippen molar-refractivity contribution in [3.05, 3.63) is 35.9 Å². The maximum Gasteiger partial charge on any atom is 0.234 e. The maximum atomic E-state index is 11.8. The number of likely N-dealkylation sites (tertiary alicyclic amines) is 1. The SMILES string of the molecule is O=C(CNC1CCN(C2CC2)C1)NCc1ccccc1. The van der Waals surface area contributed by atoms with E-state index in [4.69, 9.17) is 0 Å². The molecule has 2 aliphatic rings. The molecule has 3 rings (SSSR count). The van der Waals surface area contributed by atoms with Gasteiger partial charge in [0, 0.05) is 31.7 Å². The second kappa shape index (κ2) is 6.37. The molecule has 1 heterocycles. The molecule has 108 valence electrons. The van der Waals surface area contributed by atoms with E-state index in [0.717, 1.165) is 18.2 Å². The summed E-state index contributed by atoms with van der Waals surface area (Å²) in [7, 11) is 0. The van der Waals surface area contributed by atoms with Crippen molar-refractivity contribution in [3.8, 4) is 0 Å². The zero-order valence-electron chi connectivity index (χ0n) is 11.8. The van der Waals surface area contributed by atoms with Crippen molar-refractivity contribution in [2.75, 3.05) is 19.6 Å². The molecule has 1 amide bonds. The molecule has 1 saturated heterocycles. The summed E-state index contributed by atoms with van der Waals surface area (Å²) in [4.78, 5) is 14.4. The minimum atomic E-state index is 0.0822. The molecule has 0 aromatic heterocycles. The fraction of sp³-hybridized carbons (Fsp3) is 0.562. The van der Waals surface area contributed by atoms with Crippen molar-refractivity contribution in [3.63, 3.8) is 0 Å². The minimum Gasteiger partial charge on any atom is -0.351 e. The fourth-order valence-electron chi connectivity index (χ4n) is 2.82. The highest BCUT2D eigenvalue weighted by Crippen LogP contribution is 2.29. The number of nitrogens with zero attached hydrogens (tertiary/aromatic N) is 1. The van der Waals surface area contributed by atoms with Gasteiger partial charge in [-0.05, 0) is 24.8 Å². The first-order valence-electron chi connectivity index (χ1n) is 7.59. The van der Waals surface area contributed by atoms with E-state index >= 15 is 0 Å². The summed E-state index contributed by atoms with van der Waals surface area (Å²) in [5, 5.41) is 6.33. The van der Waals surface area contributed by atoms with Crippen LogP contribution in [0.5, 0.6) is 0 Å². The smallest absolute Gasteiger partial charge is 0.234 e. The molecule has 1 saturated carbocycles. The summed E-state index contributed by atoms with van der Waals surface area (Å²) in [6.45, 7) is 3.33. The van der Waals surface area contributed by atoms with Crippen LogP contribution in [0.4, 0.5) is 0 Å². The van der Waals surface area contributed by atoms with Gasteiger partial charge in [0.25, 0.3) is 0 Å². The first-order chi connectivity index (χ1) is 9.81. The molecule has 4 heteroatoms. The highest BCUT2D eigenvalue weighted by molar-refractivity contribution is 5.78. The Hall–Kier alpha value is -1.39. The van der Waals surface area contributed by atoms with Crippen LogP contribution in [0.25, 0.3) is 0 Å². The van der Waals surface area contributed by atoms with E-state index < -0.39 is 0 Å². The first kappa shape index (κ1) is 13.6. The van der Waals surface area contributed by atoms with Crippen molar-refractivity contribution < 1.29 is 4.79 Å². The fourth-order valence-corrected chi connectivity index (χ4v) is 2.82. The number of hydrogen-bond donors (Lipinski definition) is 2. The zero-order valence-corrected chi connectivity index (χ0v) is 11.8. The predicted molar refractivity (Wildman–Crippen MR) is 79.3 cm³/mol. The quantitative estimate of drug-likeness (QED) is 0.816. The molecule has 4 nitrogen and oxygen atoms in total. The molecular weight excluding hydrogens is 250 g/mol. The van der Waals surface area contributed by atoms with E-state index in [0.29, 0.717) is 19.1 Å². The van der Waals surface area contributed by atoms with E-state index in [1.54, 1.807) is 0 Å². The molecule has 0 bridgehead atoms. The lowest BCUT2D eigenvalue weighted by Crippen LogP contribution is -2.40. The normalized spacial score (nSPS) is 22.9.